The summed E-state index contributed by atoms with van der Waals surface area (Å²) in [6.07, 6.45) is 1.09. The van der Waals surface area contributed by atoms with Crippen LogP contribution < -0.4 is 5.32 Å². The van der Waals surface area contributed by atoms with Crippen molar-refractivity contribution in [2.45, 2.75) is 17.9 Å². The van der Waals surface area contributed by atoms with E-state index in [9.17, 15) is 4.39 Å². The Bertz CT molecular complexity index is 414. The Kier molecular flexibility index (Phi) is 3.33. The van der Waals surface area contributed by atoms with E-state index in [1.807, 2.05) is 6.07 Å². The summed E-state index contributed by atoms with van der Waals surface area (Å²) in [5, 5.41) is 3.33. The summed E-state index contributed by atoms with van der Waals surface area (Å²) in [5.41, 5.74) is 0.967. The Morgan fingerprint density at radius 2 is 2.28 bits per heavy atom. The molecule has 0 amide bonds. The minimum atomic E-state index is -0.179. The summed E-state index contributed by atoms with van der Waals surface area (Å²) < 4.78 is 24.5. The molecule has 3 rings (SSSR count). The smallest absolute Gasteiger partial charge is 0.123 e. The molecule has 1 N–H and O–H groups in total. The van der Waals surface area contributed by atoms with Crippen LogP contribution in [0.25, 0.3) is 0 Å². The van der Waals surface area contributed by atoms with Gasteiger partial charge in [-0.25, -0.2) is 4.39 Å². The van der Waals surface area contributed by atoms with Gasteiger partial charge in [0.15, 0.2) is 0 Å². The number of hydrogen-bond acceptors (Lipinski definition) is 3. The van der Waals surface area contributed by atoms with E-state index in [1.54, 1.807) is 12.1 Å². The molecular weight excluding hydrogens is 233 g/mol. The van der Waals surface area contributed by atoms with Crippen molar-refractivity contribution < 1.29 is 13.9 Å². The van der Waals surface area contributed by atoms with Crippen LogP contribution in [-0.2, 0) is 14.9 Å². The summed E-state index contributed by atoms with van der Waals surface area (Å²) in [5.74, 6) is -0.179. The maximum Gasteiger partial charge on any atom is 0.123 e. The average molecular weight is 251 g/mol. The quantitative estimate of drug-likeness (QED) is 0.882. The third-order valence-electron chi connectivity index (χ3n) is 3.82. The van der Waals surface area contributed by atoms with Crippen LogP contribution in [0.1, 0.15) is 12.0 Å². The van der Waals surface area contributed by atoms with E-state index in [0.29, 0.717) is 13.2 Å². The number of rotatable bonds is 3. The van der Waals surface area contributed by atoms with E-state index in [0.717, 1.165) is 31.7 Å². The van der Waals surface area contributed by atoms with Crippen LogP contribution in [0.5, 0.6) is 0 Å². The number of ether oxygens (including phenoxy) is 2. The molecule has 4 heteroatoms. The summed E-state index contributed by atoms with van der Waals surface area (Å²) in [4.78, 5) is 0. The molecule has 98 valence electrons. The van der Waals surface area contributed by atoms with Gasteiger partial charge in [0.1, 0.15) is 5.82 Å². The second-order valence-corrected chi connectivity index (χ2v) is 5.18. The molecule has 2 fully saturated rings. The van der Waals surface area contributed by atoms with Gasteiger partial charge in [-0.2, -0.15) is 0 Å². The molecule has 2 aliphatic rings. The molecular formula is C14H18FNO2. The van der Waals surface area contributed by atoms with Gasteiger partial charge in [0.2, 0.25) is 0 Å². The molecule has 3 nitrogen and oxygen atoms in total. The van der Waals surface area contributed by atoms with Crippen molar-refractivity contribution in [1.82, 2.24) is 5.32 Å². The number of nitrogens with one attached hydrogen (secondary N) is 1. The van der Waals surface area contributed by atoms with Gasteiger partial charge in [0.25, 0.3) is 0 Å². The zero-order valence-corrected chi connectivity index (χ0v) is 10.3. The molecule has 0 radical (unpaired) electrons. The Morgan fingerprint density at radius 1 is 1.39 bits per heavy atom. The van der Waals surface area contributed by atoms with Crippen LogP contribution >= 0.6 is 0 Å². The van der Waals surface area contributed by atoms with Crippen LogP contribution in [0, 0.1) is 5.82 Å². The molecule has 2 heterocycles. The molecule has 1 unspecified atom stereocenters. The molecule has 1 atom stereocenters. The van der Waals surface area contributed by atoms with Crippen LogP contribution in [0.4, 0.5) is 4.39 Å². The van der Waals surface area contributed by atoms with Gasteiger partial charge in [-0.15, -0.1) is 0 Å². The monoisotopic (exact) mass is 251 g/mol. The van der Waals surface area contributed by atoms with Crippen molar-refractivity contribution in [3.05, 3.63) is 35.6 Å². The van der Waals surface area contributed by atoms with E-state index >= 15 is 0 Å². The van der Waals surface area contributed by atoms with Gasteiger partial charge in [-0.3, -0.25) is 0 Å². The largest absolute Gasteiger partial charge is 0.379 e. The topological polar surface area (TPSA) is 30.5 Å². The average Bonchev–Trinajstić information content (AvgIpc) is 2.35. The summed E-state index contributed by atoms with van der Waals surface area (Å²) in [6.45, 7) is 3.87. The van der Waals surface area contributed by atoms with E-state index in [2.05, 4.69) is 5.32 Å². The van der Waals surface area contributed by atoms with Gasteiger partial charge in [-0.1, -0.05) is 12.1 Å². The summed E-state index contributed by atoms with van der Waals surface area (Å²) in [6, 6.07) is 6.86. The lowest BCUT2D eigenvalue weighted by Crippen LogP contribution is -2.52. The Labute approximate surface area is 106 Å². The van der Waals surface area contributed by atoms with Gasteiger partial charge >= 0.3 is 0 Å². The molecule has 2 aliphatic heterocycles. The highest BCUT2D eigenvalue weighted by atomic mass is 19.1. The molecule has 0 saturated carbocycles. The maximum absolute atomic E-state index is 13.4. The minimum absolute atomic E-state index is 0.0637. The van der Waals surface area contributed by atoms with Crippen LogP contribution in [-0.4, -0.2) is 39.0 Å². The highest BCUT2D eigenvalue weighted by molar-refractivity contribution is 5.29. The van der Waals surface area contributed by atoms with Gasteiger partial charge in [0.05, 0.1) is 25.9 Å². The molecule has 0 bridgehead atoms. The molecule has 0 spiro atoms. The van der Waals surface area contributed by atoms with Crippen molar-refractivity contribution >= 4 is 0 Å². The van der Waals surface area contributed by atoms with Crippen molar-refractivity contribution in [2.75, 3.05) is 32.9 Å². The maximum atomic E-state index is 13.4. The standard InChI is InChI=1S/C14H18FNO2/c15-12-3-1-2-11(6-12)14(9-17-10-14)7-13-8-16-4-5-18-13/h1-3,6,13,16H,4-5,7-10H2. The number of benzene rings is 1. The lowest BCUT2D eigenvalue weighted by molar-refractivity contribution is -0.0943. The van der Waals surface area contributed by atoms with E-state index in [4.69, 9.17) is 9.47 Å². The lowest BCUT2D eigenvalue weighted by atomic mass is 9.74. The first-order valence-corrected chi connectivity index (χ1v) is 6.45. The normalized spacial score (nSPS) is 26.6. The van der Waals surface area contributed by atoms with Crippen molar-refractivity contribution in [3.8, 4) is 0 Å². The highest BCUT2D eigenvalue weighted by Gasteiger charge is 2.42. The third-order valence-corrected chi connectivity index (χ3v) is 3.82. The first-order chi connectivity index (χ1) is 8.78. The highest BCUT2D eigenvalue weighted by Crippen LogP contribution is 2.37. The van der Waals surface area contributed by atoms with Gasteiger partial charge < -0.3 is 14.8 Å². The predicted molar refractivity (Wildman–Crippen MR) is 66.1 cm³/mol. The van der Waals surface area contributed by atoms with Gasteiger partial charge in [-0.05, 0) is 24.1 Å². The number of hydrogen-bond donors (Lipinski definition) is 1. The summed E-state index contributed by atoms with van der Waals surface area (Å²) >= 11 is 0. The van der Waals surface area contributed by atoms with Crippen LogP contribution in [0.2, 0.25) is 0 Å². The summed E-state index contributed by atoms with van der Waals surface area (Å²) in [7, 11) is 0. The third kappa shape index (κ3) is 2.28. The van der Waals surface area contributed by atoms with Gasteiger partial charge in [0, 0.05) is 18.5 Å². The lowest BCUT2D eigenvalue weighted by Gasteiger charge is -2.44. The van der Waals surface area contributed by atoms with Crippen LogP contribution in [0.3, 0.4) is 0 Å². The predicted octanol–water partition coefficient (Wildman–Crippen LogP) is 1.47. The second-order valence-electron chi connectivity index (χ2n) is 5.18. The minimum Gasteiger partial charge on any atom is -0.379 e. The SMILES string of the molecule is Fc1cccc(C2(CC3CNCCO3)COC2)c1. The fourth-order valence-electron chi connectivity index (χ4n) is 2.76. The Morgan fingerprint density at radius 3 is 2.89 bits per heavy atom. The molecule has 0 aliphatic carbocycles. The molecule has 1 aromatic rings. The zero-order valence-electron chi connectivity index (χ0n) is 10.3. The fourth-order valence-corrected chi connectivity index (χ4v) is 2.76. The molecule has 1 aromatic carbocycles. The first-order valence-electron chi connectivity index (χ1n) is 6.45. The number of morpholine rings is 1. The van der Waals surface area contributed by atoms with E-state index in [1.165, 1.54) is 6.07 Å². The molecule has 2 saturated heterocycles. The zero-order chi connectivity index (χ0) is 12.4. The van der Waals surface area contributed by atoms with Crippen molar-refractivity contribution in [2.24, 2.45) is 0 Å². The molecule has 0 aromatic heterocycles. The fraction of sp³-hybridized carbons (Fsp3) is 0.571. The number of halogens is 1. The first kappa shape index (κ1) is 12.1. The van der Waals surface area contributed by atoms with Crippen LogP contribution in [0.15, 0.2) is 24.3 Å². The molecule has 18 heavy (non-hydrogen) atoms. The van der Waals surface area contributed by atoms with E-state index < -0.39 is 0 Å². The van der Waals surface area contributed by atoms with E-state index in [-0.39, 0.29) is 17.3 Å². The Balaban J connectivity index is 1.77. The second kappa shape index (κ2) is 4.96. The Hall–Kier alpha value is -0.970. The van der Waals surface area contributed by atoms with Crippen molar-refractivity contribution in [3.63, 3.8) is 0 Å². The van der Waals surface area contributed by atoms with Crippen molar-refractivity contribution in [1.29, 1.82) is 0 Å².